The van der Waals surface area contributed by atoms with Gasteiger partial charge in [-0.15, -0.1) is 0 Å². The first-order valence-electron chi connectivity index (χ1n) is 8.59. The van der Waals surface area contributed by atoms with Gasteiger partial charge in [-0.3, -0.25) is 9.35 Å². The number of sulfone groups is 1. The van der Waals surface area contributed by atoms with E-state index in [9.17, 15) is 26.4 Å². The smallest absolute Gasteiger partial charge is 0.298 e. The quantitative estimate of drug-likeness (QED) is 0.556. The summed E-state index contributed by atoms with van der Waals surface area (Å²) in [5.74, 6) is 2.01. The maximum Gasteiger partial charge on any atom is 0.522 e. The molecule has 3 fully saturated rings. The first-order chi connectivity index (χ1) is 11.8. The molecule has 4 unspecified atom stereocenters. The lowest BCUT2D eigenvalue weighted by Crippen LogP contribution is -2.37. The molecular weight excluding hydrogens is 397 g/mol. The lowest BCUT2D eigenvalue weighted by molar-refractivity contribution is -0.119. The van der Waals surface area contributed by atoms with E-state index >= 15 is 0 Å². The Kier molecular flexibility index (Phi) is 6.44. The Morgan fingerprint density at radius 1 is 1.00 bits per heavy atom. The summed E-state index contributed by atoms with van der Waals surface area (Å²) in [6.07, 6.45) is 7.64. The van der Waals surface area contributed by atoms with E-state index < -0.39 is 30.7 Å². The molecule has 4 atom stereocenters. The average Bonchev–Trinajstić information content (AvgIpc) is 3.08. The number of Topliss-reactive ketones (excluding diaryl/α,β-unsaturated/α-hetero) is 1. The van der Waals surface area contributed by atoms with Crippen LogP contribution in [-0.2, 0) is 24.7 Å². The number of carbonyl (C=O) groups excluding carboxylic acids is 1. The highest BCUT2D eigenvalue weighted by molar-refractivity contribution is 7.92. The third-order valence-corrected chi connectivity index (χ3v) is 8.40. The third-order valence-electron chi connectivity index (χ3n) is 5.56. The lowest BCUT2D eigenvalue weighted by Gasteiger charge is -2.26. The van der Waals surface area contributed by atoms with E-state index in [4.69, 9.17) is 13.0 Å². The molecule has 152 valence electrons. The molecule has 0 aromatic rings. The van der Waals surface area contributed by atoms with Crippen LogP contribution in [0.4, 0.5) is 13.2 Å². The van der Waals surface area contributed by atoms with Crippen LogP contribution in [0.2, 0.25) is 0 Å². The van der Waals surface area contributed by atoms with Crippen LogP contribution in [0.25, 0.3) is 0 Å². The molecule has 3 aliphatic carbocycles. The highest BCUT2D eigenvalue weighted by atomic mass is 32.2. The van der Waals surface area contributed by atoms with Gasteiger partial charge < -0.3 is 0 Å². The van der Waals surface area contributed by atoms with Gasteiger partial charge in [-0.25, -0.2) is 8.42 Å². The van der Waals surface area contributed by atoms with Crippen molar-refractivity contribution in [1.29, 1.82) is 0 Å². The lowest BCUT2D eigenvalue weighted by atomic mass is 9.90. The zero-order valence-electron chi connectivity index (χ0n) is 14.1. The minimum Gasteiger partial charge on any atom is -0.298 e. The van der Waals surface area contributed by atoms with E-state index in [1.165, 1.54) is 19.3 Å². The fraction of sp³-hybridized carbons (Fsp3) is 0.933. The molecule has 0 aromatic carbocycles. The van der Waals surface area contributed by atoms with E-state index in [-0.39, 0.29) is 11.5 Å². The molecular formula is C15H23F3O6S2. The summed E-state index contributed by atoms with van der Waals surface area (Å²) in [6.45, 7) is 0. The van der Waals surface area contributed by atoms with Gasteiger partial charge in [0.2, 0.25) is 0 Å². The topological polar surface area (TPSA) is 106 Å². The average molecular weight is 420 g/mol. The standard InChI is InChI=1S/C14H22O3S.CHF3O3S/c15-13-3-1-2-4-14(13)18(16,17)9-12-8-10-5-6-11(12)7-10;2-1(3,4)8(5,6)7/h10-12,14H,1-9H2;(H,5,6,7). The second-order valence-corrected chi connectivity index (χ2v) is 11.0. The number of halogens is 3. The monoisotopic (exact) mass is 420 g/mol. The zero-order chi connectivity index (χ0) is 19.8. The number of carbonyl (C=O) groups is 1. The number of ketones is 1. The molecule has 0 radical (unpaired) electrons. The van der Waals surface area contributed by atoms with Crippen molar-refractivity contribution in [3.8, 4) is 0 Å². The summed E-state index contributed by atoms with van der Waals surface area (Å²) in [7, 11) is -9.03. The van der Waals surface area contributed by atoms with Crippen LogP contribution in [0, 0.1) is 17.8 Å². The van der Waals surface area contributed by atoms with Crippen molar-refractivity contribution >= 4 is 25.7 Å². The van der Waals surface area contributed by atoms with Gasteiger partial charge in [-0.1, -0.05) is 12.8 Å². The van der Waals surface area contributed by atoms with Gasteiger partial charge in [0.15, 0.2) is 15.6 Å². The second kappa shape index (κ2) is 7.75. The van der Waals surface area contributed by atoms with E-state index in [0.29, 0.717) is 24.7 Å². The molecule has 0 saturated heterocycles. The Labute approximate surface area is 151 Å². The predicted octanol–water partition coefficient (Wildman–Crippen LogP) is 2.74. The number of rotatable bonds is 3. The summed E-state index contributed by atoms with van der Waals surface area (Å²) < 4.78 is 82.4. The van der Waals surface area contributed by atoms with Gasteiger partial charge >= 0.3 is 15.6 Å². The first kappa shape index (κ1) is 21.6. The molecule has 11 heteroatoms. The molecule has 1 N–H and O–H groups in total. The van der Waals surface area contributed by atoms with Crippen molar-refractivity contribution in [2.45, 2.75) is 62.1 Å². The fourth-order valence-corrected chi connectivity index (χ4v) is 6.61. The molecule has 26 heavy (non-hydrogen) atoms. The summed E-state index contributed by atoms with van der Waals surface area (Å²) in [4.78, 5) is 11.8. The molecule has 0 spiro atoms. The van der Waals surface area contributed by atoms with Crippen LogP contribution in [0.3, 0.4) is 0 Å². The maximum absolute atomic E-state index is 12.4. The molecule has 3 aliphatic rings. The van der Waals surface area contributed by atoms with Crippen LogP contribution in [0.1, 0.15) is 51.4 Å². The summed E-state index contributed by atoms with van der Waals surface area (Å²) in [5.41, 5.74) is -5.53. The Bertz CT molecular complexity index is 729. The molecule has 0 amide bonds. The van der Waals surface area contributed by atoms with Gasteiger partial charge in [0.25, 0.3) is 0 Å². The SMILES string of the molecule is O=C1CCCCC1S(=O)(=O)CC1CC2CCC1C2.O=S(=O)(O)C(F)(F)F. The minimum atomic E-state index is -5.84. The fourth-order valence-electron chi connectivity index (χ4n) is 4.33. The molecule has 6 nitrogen and oxygen atoms in total. The van der Waals surface area contributed by atoms with Crippen molar-refractivity contribution < 1.29 is 39.4 Å². The van der Waals surface area contributed by atoms with Crippen LogP contribution < -0.4 is 0 Å². The predicted molar refractivity (Wildman–Crippen MR) is 87.6 cm³/mol. The number of hydrogen-bond donors (Lipinski definition) is 1. The highest BCUT2D eigenvalue weighted by Gasteiger charge is 2.45. The van der Waals surface area contributed by atoms with Crippen LogP contribution in [0.15, 0.2) is 0 Å². The first-order valence-corrected chi connectivity index (χ1v) is 11.7. The normalized spacial score (nSPS) is 32.2. The Morgan fingerprint density at radius 2 is 1.62 bits per heavy atom. The number of alkyl halides is 3. The van der Waals surface area contributed by atoms with E-state index in [2.05, 4.69) is 0 Å². The number of hydrogen-bond acceptors (Lipinski definition) is 5. The van der Waals surface area contributed by atoms with Crippen LogP contribution in [0.5, 0.6) is 0 Å². The summed E-state index contributed by atoms with van der Waals surface area (Å²) >= 11 is 0. The largest absolute Gasteiger partial charge is 0.522 e. The molecule has 0 heterocycles. The van der Waals surface area contributed by atoms with Gasteiger partial charge in [0, 0.05) is 6.42 Å². The van der Waals surface area contributed by atoms with Crippen LogP contribution in [-0.4, -0.2) is 43.7 Å². The molecule has 3 saturated carbocycles. The summed E-state index contributed by atoms with van der Waals surface area (Å²) in [5, 5.41) is -0.662. The molecule has 2 bridgehead atoms. The van der Waals surface area contributed by atoms with Gasteiger partial charge in [0.1, 0.15) is 5.25 Å². The second-order valence-electron chi connectivity index (χ2n) is 7.39. The maximum atomic E-state index is 12.4. The van der Waals surface area contributed by atoms with Gasteiger partial charge in [-0.05, 0) is 49.9 Å². The summed E-state index contributed by atoms with van der Waals surface area (Å²) in [6, 6.07) is 0. The Hall–Kier alpha value is -0.680. The van der Waals surface area contributed by atoms with Crippen molar-refractivity contribution in [3.05, 3.63) is 0 Å². The zero-order valence-corrected chi connectivity index (χ0v) is 15.7. The van der Waals surface area contributed by atoms with Gasteiger partial charge in [0.05, 0.1) is 5.75 Å². The Morgan fingerprint density at radius 3 is 2.04 bits per heavy atom. The third kappa shape index (κ3) is 5.19. The number of fused-ring (bicyclic) bond motifs is 2. The molecule has 0 aromatic heterocycles. The van der Waals surface area contributed by atoms with Crippen molar-refractivity contribution in [2.75, 3.05) is 5.75 Å². The van der Waals surface area contributed by atoms with E-state index in [1.807, 2.05) is 0 Å². The highest BCUT2D eigenvalue weighted by Crippen LogP contribution is 2.49. The van der Waals surface area contributed by atoms with Crippen molar-refractivity contribution in [1.82, 2.24) is 0 Å². The van der Waals surface area contributed by atoms with Crippen molar-refractivity contribution in [2.24, 2.45) is 17.8 Å². The molecule has 3 rings (SSSR count). The Balaban J connectivity index is 0.000000260. The van der Waals surface area contributed by atoms with Gasteiger partial charge in [-0.2, -0.15) is 21.6 Å². The van der Waals surface area contributed by atoms with Crippen molar-refractivity contribution in [3.63, 3.8) is 0 Å². The van der Waals surface area contributed by atoms with E-state index in [0.717, 1.165) is 25.2 Å². The van der Waals surface area contributed by atoms with Crippen LogP contribution >= 0.6 is 0 Å². The minimum absolute atomic E-state index is 0.0237. The van der Waals surface area contributed by atoms with E-state index in [1.54, 1.807) is 0 Å². The molecule has 0 aliphatic heterocycles.